The number of para-hydroxylation sites is 1. The Hall–Kier alpha value is -2.90. The summed E-state index contributed by atoms with van der Waals surface area (Å²) in [5.74, 6) is 1.45. The number of amides is 1. The largest absolute Gasteiger partial charge is 0.493 e. The van der Waals surface area contributed by atoms with Crippen LogP contribution in [0, 0.1) is 5.92 Å². The fourth-order valence-corrected chi connectivity index (χ4v) is 7.04. The molecule has 3 aromatic rings. The van der Waals surface area contributed by atoms with Crippen molar-refractivity contribution in [1.82, 2.24) is 14.7 Å². The number of piperidine rings is 1. The molecule has 0 saturated carbocycles. The van der Waals surface area contributed by atoms with Gasteiger partial charge in [0.25, 0.3) is 0 Å². The van der Waals surface area contributed by atoms with Crippen LogP contribution in [-0.4, -0.2) is 79.1 Å². The molecule has 0 radical (unpaired) electrons. The van der Waals surface area contributed by atoms with E-state index < -0.39 is 6.04 Å². The summed E-state index contributed by atoms with van der Waals surface area (Å²) in [4.78, 5) is 20.3. The highest BCUT2D eigenvalue weighted by molar-refractivity contribution is 6.30. The number of nitrogens with two attached hydrogens (primary N) is 1. The fraction of sp³-hybridized carbons (Fsp3) is 0.457. The van der Waals surface area contributed by atoms with Gasteiger partial charge in [-0.3, -0.25) is 9.69 Å². The van der Waals surface area contributed by atoms with Crippen molar-refractivity contribution < 1.29 is 9.53 Å². The van der Waals surface area contributed by atoms with Crippen LogP contribution in [0.15, 0.2) is 66.7 Å². The first-order chi connectivity index (χ1) is 20.5. The Morgan fingerprint density at radius 2 is 1.69 bits per heavy atom. The number of benzene rings is 3. The third-order valence-electron chi connectivity index (χ3n) is 9.37. The van der Waals surface area contributed by atoms with E-state index in [2.05, 4.69) is 64.4 Å². The van der Waals surface area contributed by atoms with Gasteiger partial charge in [-0.15, -0.1) is 0 Å². The molecule has 0 spiro atoms. The number of hydrogen-bond donors (Lipinski definition) is 1. The van der Waals surface area contributed by atoms with Crippen LogP contribution in [-0.2, 0) is 24.2 Å². The highest BCUT2D eigenvalue weighted by atomic mass is 35.5. The van der Waals surface area contributed by atoms with E-state index in [4.69, 9.17) is 22.1 Å². The summed E-state index contributed by atoms with van der Waals surface area (Å²) in [7, 11) is 0. The van der Waals surface area contributed by atoms with E-state index in [-0.39, 0.29) is 11.8 Å². The summed E-state index contributed by atoms with van der Waals surface area (Å²) < 4.78 is 6.01. The molecule has 1 atom stereocenters. The zero-order valence-electron chi connectivity index (χ0n) is 24.5. The van der Waals surface area contributed by atoms with Crippen LogP contribution >= 0.6 is 11.6 Å². The van der Waals surface area contributed by atoms with E-state index in [0.29, 0.717) is 0 Å². The van der Waals surface area contributed by atoms with Gasteiger partial charge < -0.3 is 20.3 Å². The van der Waals surface area contributed by atoms with Crippen LogP contribution < -0.4 is 10.5 Å². The maximum atomic E-state index is 13.4. The summed E-state index contributed by atoms with van der Waals surface area (Å²) >= 11 is 6.37. The Kier molecular flexibility index (Phi) is 9.45. The summed E-state index contributed by atoms with van der Waals surface area (Å²) in [5, 5.41) is 0.779. The summed E-state index contributed by atoms with van der Waals surface area (Å²) in [6, 6.07) is 22.8. The minimum absolute atomic E-state index is 0.125. The molecule has 42 heavy (non-hydrogen) atoms. The van der Waals surface area contributed by atoms with Crippen molar-refractivity contribution in [2.45, 2.75) is 44.7 Å². The molecule has 0 aromatic heterocycles. The molecule has 6 rings (SSSR count). The van der Waals surface area contributed by atoms with Gasteiger partial charge in [0.2, 0.25) is 5.91 Å². The molecule has 3 heterocycles. The minimum atomic E-state index is -0.411. The Morgan fingerprint density at radius 1 is 0.905 bits per heavy atom. The number of halogens is 1. The molecule has 2 fully saturated rings. The Balaban J connectivity index is 0.962. The van der Waals surface area contributed by atoms with Gasteiger partial charge in [-0.2, -0.15) is 0 Å². The third kappa shape index (κ3) is 6.84. The van der Waals surface area contributed by atoms with Crippen LogP contribution in [0.1, 0.15) is 36.0 Å². The second-order valence-electron chi connectivity index (χ2n) is 12.1. The zero-order chi connectivity index (χ0) is 28.9. The molecule has 0 bridgehead atoms. The van der Waals surface area contributed by atoms with Crippen molar-refractivity contribution in [3.05, 3.63) is 88.4 Å². The van der Waals surface area contributed by atoms with Crippen molar-refractivity contribution in [2.75, 3.05) is 52.4 Å². The number of piperazine rings is 1. The molecule has 6 nitrogen and oxygen atoms in total. The van der Waals surface area contributed by atoms with Crippen LogP contribution in [0.2, 0.25) is 5.02 Å². The summed E-state index contributed by atoms with van der Waals surface area (Å²) in [6.45, 7) is 7.83. The molecule has 1 amide bonds. The predicted molar refractivity (Wildman–Crippen MR) is 170 cm³/mol. The second-order valence-corrected chi connectivity index (χ2v) is 12.5. The maximum Gasteiger partial charge on any atom is 0.239 e. The maximum absolute atomic E-state index is 13.4. The van der Waals surface area contributed by atoms with Crippen LogP contribution in [0.4, 0.5) is 0 Å². The molecular weight excluding hydrogens is 544 g/mol. The standard InChI is InChI=1S/C35H43ClN4O2/c36-31-11-12-32(26-6-2-1-3-7-26)29(24-31)15-18-38-16-13-27(14-17-38)33(37)35(41)40-21-19-39(20-22-40)25-30-9-4-8-28-10-5-23-42-34(28)30/h1-4,6-9,11-12,24,27,33H,5,10,13-23,25,37H2/t33-/m1/s1. The topological polar surface area (TPSA) is 62.0 Å². The number of aryl methyl sites for hydroxylation is 1. The summed E-state index contributed by atoms with van der Waals surface area (Å²) in [6.07, 6.45) is 5.07. The number of fused-ring (bicyclic) bond motifs is 1. The van der Waals surface area contributed by atoms with Crippen molar-refractivity contribution in [2.24, 2.45) is 11.7 Å². The Morgan fingerprint density at radius 3 is 2.48 bits per heavy atom. The molecule has 3 aliphatic heterocycles. The van der Waals surface area contributed by atoms with Crippen molar-refractivity contribution in [3.8, 4) is 16.9 Å². The lowest BCUT2D eigenvalue weighted by Crippen LogP contribution is -2.55. The van der Waals surface area contributed by atoms with Gasteiger partial charge in [0, 0.05) is 49.9 Å². The SMILES string of the molecule is N[C@@H](C(=O)N1CCN(Cc2cccc3c2OCCC3)CC1)C1CCN(CCc2cc(Cl)ccc2-c2ccccc2)CC1. The molecule has 2 saturated heterocycles. The quantitative estimate of drug-likeness (QED) is 0.390. The van der Waals surface area contributed by atoms with Crippen molar-refractivity contribution >= 4 is 17.5 Å². The molecular formula is C35H43ClN4O2. The third-order valence-corrected chi connectivity index (χ3v) is 9.60. The first-order valence-corrected chi connectivity index (χ1v) is 16.0. The van der Waals surface area contributed by atoms with Gasteiger partial charge in [-0.1, -0.05) is 66.2 Å². The second kappa shape index (κ2) is 13.6. The van der Waals surface area contributed by atoms with E-state index >= 15 is 0 Å². The number of ether oxygens (including phenoxy) is 1. The minimum Gasteiger partial charge on any atom is -0.493 e. The lowest BCUT2D eigenvalue weighted by Gasteiger charge is -2.39. The molecule has 222 valence electrons. The van der Waals surface area contributed by atoms with Gasteiger partial charge in [0.05, 0.1) is 12.6 Å². The predicted octanol–water partition coefficient (Wildman–Crippen LogP) is 5.26. The molecule has 0 unspecified atom stereocenters. The molecule has 7 heteroatoms. The van der Waals surface area contributed by atoms with Crippen LogP contribution in [0.25, 0.3) is 11.1 Å². The smallest absolute Gasteiger partial charge is 0.239 e. The van der Waals surface area contributed by atoms with E-state index in [0.717, 1.165) is 102 Å². The number of rotatable bonds is 8. The normalized spacial score (nSPS) is 19.2. The average molecular weight is 587 g/mol. The van der Waals surface area contributed by atoms with Gasteiger partial charge in [0.1, 0.15) is 5.75 Å². The van der Waals surface area contributed by atoms with Crippen LogP contribution in [0.5, 0.6) is 5.75 Å². The molecule has 0 aliphatic carbocycles. The highest BCUT2D eigenvalue weighted by Gasteiger charge is 2.33. The Bertz CT molecular complexity index is 1350. The fourth-order valence-electron chi connectivity index (χ4n) is 6.84. The first-order valence-electron chi connectivity index (χ1n) is 15.6. The van der Waals surface area contributed by atoms with Crippen LogP contribution in [0.3, 0.4) is 0 Å². The average Bonchev–Trinajstić information content (AvgIpc) is 3.04. The number of likely N-dealkylation sites (tertiary alicyclic amines) is 1. The van der Waals surface area contributed by atoms with E-state index in [1.807, 2.05) is 17.0 Å². The summed E-state index contributed by atoms with van der Waals surface area (Å²) in [5.41, 5.74) is 13.0. The lowest BCUT2D eigenvalue weighted by atomic mass is 9.88. The zero-order valence-corrected chi connectivity index (χ0v) is 25.3. The molecule has 3 aromatic carbocycles. The number of carbonyl (C=O) groups is 1. The molecule has 2 N–H and O–H groups in total. The molecule has 3 aliphatic rings. The van der Waals surface area contributed by atoms with E-state index in [1.165, 1.54) is 27.8 Å². The monoisotopic (exact) mass is 586 g/mol. The van der Waals surface area contributed by atoms with Gasteiger partial charge in [-0.05, 0) is 85.5 Å². The van der Waals surface area contributed by atoms with Gasteiger partial charge >= 0.3 is 0 Å². The van der Waals surface area contributed by atoms with E-state index in [9.17, 15) is 4.79 Å². The van der Waals surface area contributed by atoms with Crippen molar-refractivity contribution in [3.63, 3.8) is 0 Å². The highest BCUT2D eigenvalue weighted by Crippen LogP contribution is 2.31. The number of nitrogens with zero attached hydrogens (tertiary/aromatic N) is 3. The Labute approximate surface area is 255 Å². The van der Waals surface area contributed by atoms with E-state index in [1.54, 1.807) is 0 Å². The first kappa shape index (κ1) is 29.2. The number of carbonyl (C=O) groups excluding carboxylic acids is 1. The lowest BCUT2D eigenvalue weighted by molar-refractivity contribution is -0.136. The van der Waals surface area contributed by atoms with Gasteiger partial charge in [-0.25, -0.2) is 0 Å². The van der Waals surface area contributed by atoms with Crippen molar-refractivity contribution in [1.29, 1.82) is 0 Å². The van der Waals surface area contributed by atoms with Gasteiger partial charge in [0.15, 0.2) is 0 Å². The number of hydrogen-bond acceptors (Lipinski definition) is 5.